The van der Waals surface area contributed by atoms with Crippen LogP contribution in [0, 0.1) is 17.1 Å². The van der Waals surface area contributed by atoms with Gasteiger partial charge in [0.05, 0.1) is 17.3 Å². The summed E-state index contributed by atoms with van der Waals surface area (Å²) < 4.78 is 22.4. The monoisotopic (exact) mass is 520 g/mol. The first-order valence-electron chi connectivity index (χ1n) is 13.4. The molecule has 0 saturated heterocycles. The Morgan fingerprint density at radius 3 is 2.23 bits per heavy atom. The zero-order valence-corrected chi connectivity index (χ0v) is 23.3. The van der Waals surface area contributed by atoms with Gasteiger partial charge in [0.1, 0.15) is 24.8 Å². The van der Waals surface area contributed by atoms with Gasteiger partial charge in [-0.05, 0) is 51.8 Å². The molecule has 6 rings (SSSR count). The summed E-state index contributed by atoms with van der Waals surface area (Å²) >= 11 is 0. The minimum absolute atomic E-state index is 0.237. The van der Waals surface area contributed by atoms with Crippen molar-refractivity contribution in [3.8, 4) is 39.6 Å². The molecule has 3 nitrogen and oxygen atoms in total. The maximum Gasteiger partial charge on any atom is 0.164 e. The van der Waals surface area contributed by atoms with Crippen molar-refractivity contribution in [3.63, 3.8) is 0 Å². The van der Waals surface area contributed by atoms with Crippen LogP contribution in [-0.4, -0.2) is 20.7 Å². The summed E-state index contributed by atoms with van der Waals surface area (Å²) in [6.45, 7) is 5.99. The lowest BCUT2D eigenvalue weighted by atomic mass is 9.76. The third-order valence-electron chi connectivity index (χ3n) is 7.60. The Bertz CT molecular complexity index is 1980. The minimum Gasteiger partial charge on any atom is -0.455 e. The van der Waals surface area contributed by atoms with E-state index >= 15 is 4.39 Å². The molecule has 0 fully saturated rings. The van der Waals surface area contributed by atoms with Gasteiger partial charge in [-0.3, -0.25) is 4.98 Å². The predicted octanol–water partition coefficient (Wildman–Crippen LogP) is 5.81. The Morgan fingerprint density at radius 2 is 1.50 bits per heavy atom. The molecule has 0 N–H and O–H groups in total. The number of hydrogen-bond acceptors (Lipinski definition) is 3. The van der Waals surface area contributed by atoms with E-state index in [9.17, 15) is 5.26 Å². The van der Waals surface area contributed by atoms with Crippen LogP contribution < -0.4 is 11.1 Å². The molecule has 4 aromatic carbocycles. The van der Waals surface area contributed by atoms with Gasteiger partial charge in [0, 0.05) is 33.1 Å². The van der Waals surface area contributed by atoms with Crippen LogP contribution in [-0.2, 0) is 5.41 Å². The Morgan fingerprint density at radius 1 is 0.800 bits per heavy atom. The predicted molar refractivity (Wildman–Crippen MR) is 168 cm³/mol. The Kier molecular flexibility index (Phi) is 6.11. The molecule has 0 bridgehead atoms. The van der Waals surface area contributed by atoms with Gasteiger partial charge in [-0.15, -0.1) is 0 Å². The number of aromatic nitrogens is 1. The van der Waals surface area contributed by atoms with Crippen molar-refractivity contribution in [3.05, 3.63) is 102 Å². The number of nitriles is 1. The van der Waals surface area contributed by atoms with Gasteiger partial charge in [0.25, 0.3) is 0 Å². The number of benzene rings is 4. The van der Waals surface area contributed by atoms with Crippen molar-refractivity contribution in [2.45, 2.75) is 26.2 Å². The maximum atomic E-state index is 15.8. The van der Waals surface area contributed by atoms with Crippen molar-refractivity contribution in [2.24, 2.45) is 0 Å². The molecule has 6 aromatic rings. The Labute approximate surface area is 235 Å². The fourth-order valence-electron chi connectivity index (χ4n) is 5.80. The average Bonchev–Trinajstić information content (AvgIpc) is 3.34. The lowest BCUT2D eigenvalue weighted by molar-refractivity contribution is 0.529. The first kappa shape index (κ1) is 25.6. The highest BCUT2D eigenvalue weighted by molar-refractivity contribution is 6.38. The number of rotatable bonds is 3. The molecular formula is C34H27B2FN2O. The SMILES string of the molecule is Bc1nc(-c2cccc3c2oc2c(-c4cccc(-c5ccccc5)c4)ccc(C#N)c23)c(B)c(F)c1C(C)(C)C. The third-order valence-corrected chi connectivity index (χ3v) is 7.60. The second-order valence-corrected chi connectivity index (χ2v) is 11.3. The molecule has 6 heteroatoms. The van der Waals surface area contributed by atoms with E-state index in [1.165, 1.54) is 0 Å². The molecular weight excluding hydrogens is 493 g/mol. The summed E-state index contributed by atoms with van der Waals surface area (Å²) in [6.07, 6.45) is 0. The number of hydrogen-bond donors (Lipinski definition) is 0. The van der Waals surface area contributed by atoms with Crippen LogP contribution in [0.1, 0.15) is 31.9 Å². The van der Waals surface area contributed by atoms with Crippen LogP contribution in [0.2, 0.25) is 0 Å². The van der Waals surface area contributed by atoms with E-state index in [4.69, 9.17) is 9.40 Å². The van der Waals surface area contributed by atoms with Crippen LogP contribution in [0.5, 0.6) is 0 Å². The van der Waals surface area contributed by atoms with Crippen molar-refractivity contribution in [1.82, 2.24) is 4.98 Å². The van der Waals surface area contributed by atoms with Crippen molar-refractivity contribution in [1.29, 1.82) is 5.26 Å². The molecule has 0 aliphatic heterocycles. The first-order valence-corrected chi connectivity index (χ1v) is 13.4. The van der Waals surface area contributed by atoms with Crippen LogP contribution in [0.4, 0.5) is 4.39 Å². The summed E-state index contributed by atoms with van der Waals surface area (Å²) in [7, 11) is 3.63. The largest absolute Gasteiger partial charge is 0.455 e. The van der Waals surface area contributed by atoms with E-state index in [1.807, 2.05) is 83.2 Å². The van der Waals surface area contributed by atoms with Crippen molar-refractivity contribution in [2.75, 3.05) is 0 Å². The Balaban J connectivity index is 1.62. The summed E-state index contributed by atoms with van der Waals surface area (Å²) in [6, 6.07) is 30.5. The maximum absolute atomic E-state index is 15.8. The van der Waals surface area contributed by atoms with Crippen LogP contribution in [0.3, 0.4) is 0 Å². The second-order valence-electron chi connectivity index (χ2n) is 11.3. The lowest BCUT2D eigenvalue weighted by Crippen LogP contribution is -2.34. The van der Waals surface area contributed by atoms with E-state index in [0.29, 0.717) is 44.6 Å². The number of nitrogens with zero attached hydrogens (tertiary/aromatic N) is 2. The molecule has 0 saturated carbocycles. The summed E-state index contributed by atoms with van der Waals surface area (Å²) in [5.74, 6) is -0.237. The Hall–Kier alpha value is -4.62. The number of furan rings is 1. The standard InChI is InChI=1S/C34H27B2FN2O/c1-34(2,3)27-29(37)28(35)30(39-33(27)36)25-14-8-13-24-26-22(18-38)15-16-23(32(26)40-31(24)25)21-12-7-11-20(17-21)19-9-5-4-6-10-19/h4-17H,35-36H2,1-3H3. The van der Waals surface area contributed by atoms with Crippen LogP contribution >= 0.6 is 0 Å². The molecule has 40 heavy (non-hydrogen) atoms. The highest BCUT2D eigenvalue weighted by atomic mass is 19.1. The highest BCUT2D eigenvalue weighted by Gasteiger charge is 2.26. The molecule has 0 spiro atoms. The lowest BCUT2D eigenvalue weighted by Gasteiger charge is -2.24. The zero-order valence-electron chi connectivity index (χ0n) is 23.3. The fourth-order valence-corrected chi connectivity index (χ4v) is 5.80. The van der Waals surface area contributed by atoms with Gasteiger partial charge in [-0.25, -0.2) is 4.39 Å². The first-order chi connectivity index (χ1) is 19.2. The molecule has 0 atom stereocenters. The van der Waals surface area contributed by atoms with Crippen molar-refractivity contribution >= 4 is 48.7 Å². The third kappa shape index (κ3) is 4.10. The van der Waals surface area contributed by atoms with Gasteiger partial charge >= 0.3 is 0 Å². The average molecular weight is 520 g/mol. The fraction of sp³-hybridized carbons (Fsp3) is 0.118. The molecule has 2 aromatic heterocycles. The van der Waals surface area contributed by atoms with Crippen molar-refractivity contribution < 1.29 is 8.81 Å². The van der Waals surface area contributed by atoms with E-state index in [2.05, 4.69) is 36.4 Å². The molecule has 0 amide bonds. The highest BCUT2D eigenvalue weighted by Crippen LogP contribution is 2.41. The molecule has 0 aliphatic rings. The summed E-state index contributed by atoms with van der Waals surface area (Å²) in [4.78, 5) is 4.89. The minimum atomic E-state index is -0.374. The van der Waals surface area contributed by atoms with Gasteiger partial charge in [-0.1, -0.05) is 81.4 Å². The normalized spacial score (nSPS) is 11.7. The van der Waals surface area contributed by atoms with Crippen LogP contribution in [0.25, 0.3) is 55.4 Å². The van der Waals surface area contributed by atoms with E-state index in [-0.39, 0.29) is 11.2 Å². The number of para-hydroxylation sites is 1. The smallest absolute Gasteiger partial charge is 0.164 e. The quantitative estimate of drug-likeness (QED) is 0.277. The second kappa shape index (κ2) is 9.54. The van der Waals surface area contributed by atoms with E-state index < -0.39 is 0 Å². The summed E-state index contributed by atoms with van der Waals surface area (Å²) in [5.41, 5.74) is 8.52. The number of pyridine rings is 1. The summed E-state index contributed by atoms with van der Waals surface area (Å²) in [5, 5.41) is 11.6. The molecule has 192 valence electrons. The van der Waals surface area contributed by atoms with Gasteiger partial charge in [-0.2, -0.15) is 5.26 Å². The van der Waals surface area contributed by atoms with Gasteiger partial charge in [0.15, 0.2) is 7.85 Å². The number of halogens is 1. The molecule has 0 radical (unpaired) electrons. The molecule has 2 heterocycles. The zero-order chi connectivity index (χ0) is 28.2. The topological polar surface area (TPSA) is 49.8 Å². The molecule has 0 aliphatic carbocycles. The number of fused-ring (bicyclic) bond motifs is 3. The van der Waals surface area contributed by atoms with E-state index in [0.717, 1.165) is 33.0 Å². The van der Waals surface area contributed by atoms with Gasteiger partial charge in [0.2, 0.25) is 0 Å². The molecule has 0 unspecified atom stereocenters. The van der Waals surface area contributed by atoms with Crippen LogP contribution in [0.15, 0.2) is 89.3 Å². The van der Waals surface area contributed by atoms with E-state index in [1.54, 1.807) is 7.85 Å². The van der Waals surface area contributed by atoms with Gasteiger partial charge < -0.3 is 4.42 Å².